The normalized spacial score (nSPS) is 19.2. The van der Waals surface area contributed by atoms with E-state index in [0.29, 0.717) is 18.7 Å². The van der Waals surface area contributed by atoms with Crippen LogP contribution >= 0.6 is 0 Å². The summed E-state index contributed by atoms with van der Waals surface area (Å²) in [5.41, 5.74) is -1.15. The van der Waals surface area contributed by atoms with Crippen LogP contribution in [0.1, 0.15) is 45.9 Å². The second-order valence-electron chi connectivity index (χ2n) is 5.31. The van der Waals surface area contributed by atoms with E-state index in [4.69, 9.17) is 0 Å². The van der Waals surface area contributed by atoms with Crippen molar-refractivity contribution in [1.82, 2.24) is 20.2 Å². The number of hydrogen-bond acceptors (Lipinski definition) is 4. The summed E-state index contributed by atoms with van der Waals surface area (Å²) in [6, 6.07) is 0. The van der Waals surface area contributed by atoms with Crippen molar-refractivity contribution in [2.24, 2.45) is 0 Å². The molecule has 1 aliphatic carbocycles. The minimum absolute atomic E-state index is 0.269. The monoisotopic (exact) mass is 224 g/mol. The summed E-state index contributed by atoms with van der Waals surface area (Å²) >= 11 is 0. The zero-order valence-electron chi connectivity index (χ0n) is 9.77. The third-order valence-electron chi connectivity index (χ3n) is 3.06. The quantitative estimate of drug-likeness (QED) is 0.808. The molecule has 1 N–H and O–H groups in total. The van der Waals surface area contributed by atoms with Crippen LogP contribution in [0.5, 0.6) is 0 Å². The minimum atomic E-state index is -0.885. The van der Waals surface area contributed by atoms with Crippen molar-refractivity contribution in [3.05, 3.63) is 5.82 Å². The van der Waals surface area contributed by atoms with Gasteiger partial charge in [-0.3, -0.25) is 4.79 Å². The van der Waals surface area contributed by atoms with Gasteiger partial charge in [0.15, 0.2) is 5.82 Å². The van der Waals surface area contributed by atoms with Crippen molar-refractivity contribution >= 4 is 5.97 Å². The van der Waals surface area contributed by atoms with Crippen molar-refractivity contribution in [1.29, 1.82) is 0 Å². The van der Waals surface area contributed by atoms with Crippen molar-refractivity contribution in [3.8, 4) is 0 Å². The molecule has 1 saturated carbocycles. The van der Waals surface area contributed by atoms with Crippen LogP contribution in [0.25, 0.3) is 0 Å². The molecule has 0 spiro atoms. The SMILES string of the molecule is CC(C)(C)n1nnc(C2(C(=O)O)CCC2)n1. The van der Waals surface area contributed by atoms with Gasteiger partial charge in [-0.05, 0) is 38.8 Å². The smallest absolute Gasteiger partial charge is 0.317 e. The molecule has 6 nitrogen and oxygen atoms in total. The third kappa shape index (κ3) is 1.48. The summed E-state index contributed by atoms with van der Waals surface area (Å²) in [5, 5.41) is 21.3. The molecule has 1 heterocycles. The molecular formula is C10H16N4O2. The van der Waals surface area contributed by atoms with Gasteiger partial charge in [0.25, 0.3) is 0 Å². The lowest BCUT2D eigenvalue weighted by Gasteiger charge is -2.34. The van der Waals surface area contributed by atoms with Crippen LogP contribution in [-0.2, 0) is 15.7 Å². The van der Waals surface area contributed by atoms with Gasteiger partial charge in [0.05, 0.1) is 5.54 Å². The molecule has 0 aromatic carbocycles. The Hall–Kier alpha value is -1.46. The van der Waals surface area contributed by atoms with Crippen LogP contribution in [0, 0.1) is 0 Å². The largest absolute Gasteiger partial charge is 0.480 e. The summed E-state index contributed by atoms with van der Waals surface area (Å²) in [6.45, 7) is 5.85. The molecular weight excluding hydrogens is 208 g/mol. The molecule has 0 unspecified atom stereocenters. The standard InChI is InChI=1S/C10H16N4O2/c1-9(2,3)14-12-7(11-13-14)10(8(15)16)5-4-6-10/h4-6H2,1-3H3,(H,15,16). The zero-order valence-corrected chi connectivity index (χ0v) is 9.77. The maximum Gasteiger partial charge on any atom is 0.317 e. The van der Waals surface area contributed by atoms with Crippen LogP contribution < -0.4 is 0 Å². The Balaban J connectivity index is 2.35. The third-order valence-corrected chi connectivity index (χ3v) is 3.06. The van der Waals surface area contributed by atoms with E-state index in [0.717, 1.165) is 6.42 Å². The van der Waals surface area contributed by atoms with E-state index in [1.54, 1.807) is 0 Å². The average molecular weight is 224 g/mol. The van der Waals surface area contributed by atoms with Crippen LogP contribution in [0.3, 0.4) is 0 Å². The first-order valence-corrected chi connectivity index (χ1v) is 5.41. The van der Waals surface area contributed by atoms with Gasteiger partial charge >= 0.3 is 5.97 Å². The minimum Gasteiger partial charge on any atom is -0.480 e. The fourth-order valence-electron chi connectivity index (χ4n) is 1.75. The predicted molar refractivity (Wildman–Crippen MR) is 56.0 cm³/mol. The van der Waals surface area contributed by atoms with Crippen LogP contribution in [-0.4, -0.2) is 31.3 Å². The lowest BCUT2D eigenvalue weighted by molar-refractivity contribution is -0.147. The second kappa shape index (κ2) is 3.26. The van der Waals surface area contributed by atoms with Gasteiger partial charge in [0.2, 0.25) is 0 Å². The molecule has 1 aliphatic rings. The summed E-state index contributed by atoms with van der Waals surface area (Å²) in [6.07, 6.45) is 2.13. The summed E-state index contributed by atoms with van der Waals surface area (Å²) in [5.74, 6) is -0.492. The van der Waals surface area contributed by atoms with Crippen molar-refractivity contribution in [3.63, 3.8) is 0 Å². The molecule has 0 atom stereocenters. The van der Waals surface area contributed by atoms with Gasteiger partial charge in [-0.25, -0.2) is 0 Å². The van der Waals surface area contributed by atoms with Crippen molar-refractivity contribution in [2.75, 3.05) is 0 Å². The Kier molecular flexibility index (Phi) is 2.25. The molecule has 1 aromatic heterocycles. The highest BCUT2D eigenvalue weighted by molar-refractivity contribution is 5.81. The second-order valence-corrected chi connectivity index (χ2v) is 5.31. The van der Waals surface area contributed by atoms with E-state index in [9.17, 15) is 9.90 Å². The van der Waals surface area contributed by atoms with Gasteiger partial charge in [-0.2, -0.15) is 4.80 Å². The maximum absolute atomic E-state index is 11.2. The average Bonchev–Trinajstić information content (AvgIpc) is 2.48. The Morgan fingerprint density at radius 1 is 1.44 bits per heavy atom. The van der Waals surface area contributed by atoms with E-state index < -0.39 is 11.4 Å². The van der Waals surface area contributed by atoms with E-state index in [2.05, 4.69) is 15.4 Å². The molecule has 0 saturated heterocycles. The molecule has 0 bridgehead atoms. The number of carboxylic acids is 1. The van der Waals surface area contributed by atoms with Gasteiger partial charge in [-0.1, -0.05) is 6.42 Å². The highest BCUT2D eigenvalue weighted by atomic mass is 16.4. The highest BCUT2D eigenvalue weighted by Gasteiger charge is 2.50. The molecule has 88 valence electrons. The first kappa shape index (κ1) is 11.0. The van der Waals surface area contributed by atoms with Crippen LogP contribution in [0.15, 0.2) is 0 Å². The molecule has 2 rings (SSSR count). The topological polar surface area (TPSA) is 80.9 Å². The number of rotatable bonds is 2. The Labute approximate surface area is 93.6 Å². The maximum atomic E-state index is 11.2. The number of aliphatic carboxylic acids is 1. The van der Waals surface area contributed by atoms with Gasteiger partial charge < -0.3 is 5.11 Å². The van der Waals surface area contributed by atoms with E-state index >= 15 is 0 Å². The van der Waals surface area contributed by atoms with Crippen molar-refractivity contribution in [2.45, 2.75) is 51.0 Å². The summed E-state index contributed by atoms with van der Waals surface area (Å²) in [7, 11) is 0. The number of carbonyl (C=O) groups is 1. The molecule has 1 aromatic rings. The predicted octanol–water partition coefficient (Wildman–Crippen LogP) is 0.934. The van der Waals surface area contributed by atoms with Gasteiger partial charge in [0.1, 0.15) is 5.41 Å². The van der Waals surface area contributed by atoms with Gasteiger partial charge in [-0.15, -0.1) is 10.2 Å². The Bertz CT molecular complexity index is 415. The van der Waals surface area contributed by atoms with Crippen LogP contribution in [0.2, 0.25) is 0 Å². The number of carboxylic acid groups (broad SMARTS) is 1. The number of tetrazole rings is 1. The van der Waals surface area contributed by atoms with Gasteiger partial charge in [0, 0.05) is 0 Å². The number of aromatic nitrogens is 4. The number of nitrogens with zero attached hydrogens (tertiary/aromatic N) is 4. The van der Waals surface area contributed by atoms with E-state index in [1.165, 1.54) is 4.80 Å². The molecule has 0 aliphatic heterocycles. The lowest BCUT2D eigenvalue weighted by atomic mass is 9.68. The first-order valence-electron chi connectivity index (χ1n) is 5.41. The fourth-order valence-corrected chi connectivity index (χ4v) is 1.75. The van der Waals surface area contributed by atoms with E-state index in [1.807, 2.05) is 20.8 Å². The van der Waals surface area contributed by atoms with E-state index in [-0.39, 0.29) is 5.54 Å². The highest BCUT2D eigenvalue weighted by Crippen LogP contribution is 2.42. The molecule has 16 heavy (non-hydrogen) atoms. The molecule has 0 radical (unpaired) electrons. The van der Waals surface area contributed by atoms with Crippen LogP contribution in [0.4, 0.5) is 0 Å². The Morgan fingerprint density at radius 2 is 2.06 bits per heavy atom. The summed E-state index contributed by atoms with van der Waals surface area (Å²) < 4.78 is 0. The van der Waals surface area contributed by atoms with Crippen molar-refractivity contribution < 1.29 is 9.90 Å². The summed E-state index contributed by atoms with van der Waals surface area (Å²) in [4.78, 5) is 12.7. The molecule has 0 amide bonds. The number of hydrogen-bond donors (Lipinski definition) is 1. The first-order chi connectivity index (χ1) is 7.36. The lowest BCUT2D eigenvalue weighted by Crippen LogP contribution is -2.43. The Morgan fingerprint density at radius 3 is 2.38 bits per heavy atom. The molecule has 1 fully saturated rings. The fraction of sp³-hybridized carbons (Fsp3) is 0.800. The zero-order chi connectivity index (χ0) is 12.0. The molecule has 6 heteroatoms.